The highest BCUT2D eigenvalue weighted by molar-refractivity contribution is 6.98. The van der Waals surface area contributed by atoms with Crippen molar-refractivity contribution in [3.8, 4) is 0 Å². The van der Waals surface area contributed by atoms with Gasteiger partial charge in [-0.3, -0.25) is 0 Å². The molecule has 3 rings (SSSR count). The van der Waals surface area contributed by atoms with E-state index < -0.39 is 8.32 Å². The van der Waals surface area contributed by atoms with E-state index in [1.165, 1.54) is 42.5 Å². The molecule has 1 aliphatic carbocycles. The predicted octanol–water partition coefficient (Wildman–Crippen LogP) is 4.34. The Morgan fingerprint density at radius 3 is 1.83 bits per heavy atom. The predicted molar refractivity (Wildman–Crippen MR) is 101 cm³/mol. The Balaban J connectivity index is 2.11. The van der Waals surface area contributed by atoms with Crippen LogP contribution in [0.1, 0.15) is 32.1 Å². The lowest BCUT2D eigenvalue weighted by atomic mass is 10.0. The molecular formula is C20H25ClOSi. The molecule has 0 amide bonds. The lowest BCUT2D eigenvalue weighted by Gasteiger charge is -2.41. The molecule has 122 valence electrons. The summed E-state index contributed by atoms with van der Waals surface area (Å²) >= 11 is 6.02. The Hall–Kier alpha value is -1.09. The molecule has 3 heteroatoms. The van der Waals surface area contributed by atoms with E-state index in [4.69, 9.17) is 16.0 Å². The third-order valence-electron chi connectivity index (χ3n) is 4.99. The number of hydrogen-bond donors (Lipinski definition) is 0. The van der Waals surface area contributed by atoms with Gasteiger partial charge in [-0.25, -0.2) is 0 Å². The molecule has 0 atom stereocenters. The number of alkyl halides is 1. The Kier molecular flexibility index (Phi) is 5.93. The second-order valence-corrected chi connectivity index (χ2v) is 10.4. The maximum Gasteiger partial charge on any atom is 0.258 e. The van der Waals surface area contributed by atoms with Gasteiger partial charge in [0.15, 0.2) is 0 Å². The Bertz CT molecular complexity index is 542. The van der Waals surface area contributed by atoms with Crippen LogP contribution in [0.3, 0.4) is 0 Å². The standard InChI is InChI=1S/C20H25ClOSi/c21-16-17-22-23(18-10-4-1-5-11-18,19-12-6-2-7-13-19)20-14-8-3-9-15-20/h1-2,4-7,10-13,20H,3,8-9,14-17H2. The zero-order valence-electron chi connectivity index (χ0n) is 13.6. The molecule has 0 bridgehead atoms. The molecule has 0 spiro atoms. The molecule has 0 N–H and O–H groups in total. The topological polar surface area (TPSA) is 9.23 Å². The van der Waals surface area contributed by atoms with Crippen molar-refractivity contribution >= 4 is 30.3 Å². The minimum atomic E-state index is -2.25. The van der Waals surface area contributed by atoms with Crippen LogP contribution >= 0.6 is 11.6 Å². The third kappa shape index (κ3) is 3.55. The summed E-state index contributed by atoms with van der Waals surface area (Å²) < 4.78 is 6.70. The molecule has 0 radical (unpaired) electrons. The lowest BCUT2D eigenvalue weighted by molar-refractivity contribution is 0.318. The fourth-order valence-corrected chi connectivity index (χ4v) is 9.08. The second-order valence-electron chi connectivity index (χ2n) is 6.34. The first-order valence-electron chi connectivity index (χ1n) is 8.69. The molecule has 23 heavy (non-hydrogen) atoms. The minimum absolute atomic E-state index is 0.557. The van der Waals surface area contributed by atoms with Crippen LogP contribution in [-0.4, -0.2) is 20.8 Å². The van der Waals surface area contributed by atoms with Gasteiger partial charge in [-0.2, -0.15) is 0 Å². The van der Waals surface area contributed by atoms with Crippen LogP contribution in [0.15, 0.2) is 60.7 Å². The quantitative estimate of drug-likeness (QED) is 0.559. The Morgan fingerprint density at radius 2 is 1.35 bits per heavy atom. The summed E-state index contributed by atoms with van der Waals surface area (Å²) in [6.07, 6.45) is 6.56. The first-order valence-corrected chi connectivity index (χ1v) is 11.2. The summed E-state index contributed by atoms with van der Waals surface area (Å²) in [5.74, 6) is 0.557. The monoisotopic (exact) mass is 344 g/mol. The summed E-state index contributed by atoms with van der Waals surface area (Å²) in [4.78, 5) is 0. The molecule has 0 aliphatic heterocycles. The fraction of sp³-hybridized carbons (Fsp3) is 0.400. The summed E-state index contributed by atoms with van der Waals surface area (Å²) in [5, 5.41) is 2.78. The molecule has 0 saturated heterocycles. The van der Waals surface area contributed by atoms with Crippen molar-refractivity contribution in [3.63, 3.8) is 0 Å². The van der Waals surface area contributed by atoms with Gasteiger partial charge in [0.05, 0.1) is 0 Å². The van der Waals surface area contributed by atoms with E-state index >= 15 is 0 Å². The SMILES string of the molecule is ClCCO[Si](c1ccccc1)(c1ccccc1)C1CCCCC1. The highest BCUT2D eigenvalue weighted by Gasteiger charge is 2.46. The smallest absolute Gasteiger partial charge is 0.258 e. The largest absolute Gasteiger partial charge is 0.406 e. The number of rotatable bonds is 6. The van der Waals surface area contributed by atoms with Gasteiger partial charge in [0.1, 0.15) is 0 Å². The normalized spacial score (nSPS) is 16.4. The van der Waals surface area contributed by atoms with Crippen molar-refractivity contribution < 1.29 is 4.43 Å². The molecule has 2 aromatic rings. The molecule has 0 aromatic heterocycles. The van der Waals surface area contributed by atoms with Gasteiger partial charge in [0.25, 0.3) is 8.32 Å². The van der Waals surface area contributed by atoms with E-state index in [1.54, 1.807) is 0 Å². The van der Waals surface area contributed by atoms with Gasteiger partial charge in [0, 0.05) is 12.5 Å². The Labute approximate surface area is 145 Å². The zero-order chi connectivity index (χ0) is 16.0. The van der Waals surface area contributed by atoms with E-state index in [2.05, 4.69) is 60.7 Å². The van der Waals surface area contributed by atoms with Gasteiger partial charge in [-0.1, -0.05) is 92.8 Å². The van der Waals surface area contributed by atoms with E-state index in [0.717, 1.165) is 0 Å². The van der Waals surface area contributed by atoms with Crippen molar-refractivity contribution in [2.75, 3.05) is 12.5 Å². The minimum Gasteiger partial charge on any atom is -0.406 e. The second kappa shape index (κ2) is 8.14. The molecule has 2 aromatic carbocycles. The van der Waals surface area contributed by atoms with Crippen molar-refractivity contribution in [1.82, 2.24) is 0 Å². The summed E-state index contributed by atoms with van der Waals surface area (Å²) in [7, 11) is -2.25. The van der Waals surface area contributed by atoms with Crippen LogP contribution in [0.25, 0.3) is 0 Å². The maximum atomic E-state index is 6.70. The van der Waals surface area contributed by atoms with Gasteiger partial charge in [-0.05, 0) is 15.9 Å². The molecule has 1 aliphatic rings. The fourth-order valence-electron chi connectivity index (χ4n) is 4.00. The van der Waals surface area contributed by atoms with Crippen molar-refractivity contribution in [1.29, 1.82) is 0 Å². The first kappa shape index (κ1) is 16.8. The zero-order valence-corrected chi connectivity index (χ0v) is 15.3. The van der Waals surface area contributed by atoms with Crippen LogP contribution in [-0.2, 0) is 4.43 Å². The molecule has 1 saturated carbocycles. The summed E-state index contributed by atoms with van der Waals surface area (Å²) in [6, 6.07) is 21.8. The van der Waals surface area contributed by atoms with Gasteiger partial charge >= 0.3 is 0 Å². The van der Waals surface area contributed by atoms with Crippen LogP contribution in [0.5, 0.6) is 0 Å². The number of hydrogen-bond acceptors (Lipinski definition) is 1. The average molecular weight is 345 g/mol. The molecular weight excluding hydrogens is 320 g/mol. The van der Waals surface area contributed by atoms with Crippen LogP contribution in [0, 0.1) is 0 Å². The average Bonchev–Trinajstić information content (AvgIpc) is 2.65. The van der Waals surface area contributed by atoms with Crippen LogP contribution in [0.4, 0.5) is 0 Å². The van der Waals surface area contributed by atoms with Gasteiger partial charge in [0.2, 0.25) is 0 Å². The number of halogens is 1. The molecule has 1 nitrogen and oxygen atoms in total. The van der Waals surface area contributed by atoms with Gasteiger partial charge in [-0.15, -0.1) is 11.6 Å². The van der Waals surface area contributed by atoms with Crippen molar-refractivity contribution in [2.24, 2.45) is 0 Å². The van der Waals surface area contributed by atoms with Gasteiger partial charge < -0.3 is 4.43 Å². The molecule has 0 unspecified atom stereocenters. The van der Waals surface area contributed by atoms with Crippen LogP contribution < -0.4 is 10.4 Å². The van der Waals surface area contributed by atoms with Crippen molar-refractivity contribution in [3.05, 3.63) is 60.7 Å². The summed E-state index contributed by atoms with van der Waals surface area (Å²) in [6.45, 7) is 0.633. The van der Waals surface area contributed by atoms with E-state index in [-0.39, 0.29) is 0 Å². The van der Waals surface area contributed by atoms with E-state index in [9.17, 15) is 0 Å². The highest BCUT2D eigenvalue weighted by atomic mass is 35.5. The highest BCUT2D eigenvalue weighted by Crippen LogP contribution is 2.37. The van der Waals surface area contributed by atoms with Crippen molar-refractivity contribution in [2.45, 2.75) is 37.6 Å². The third-order valence-corrected chi connectivity index (χ3v) is 9.92. The number of benzene rings is 2. The van der Waals surface area contributed by atoms with E-state index in [1.807, 2.05) is 0 Å². The van der Waals surface area contributed by atoms with Crippen LogP contribution in [0.2, 0.25) is 5.54 Å². The first-order chi connectivity index (χ1) is 11.4. The maximum absolute atomic E-state index is 6.70. The summed E-state index contributed by atoms with van der Waals surface area (Å²) in [5.41, 5.74) is 0.643. The van der Waals surface area contributed by atoms with E-state index in [0.29, 0.717) is 18.0 Å². The lowest BCUT2D eigenvalue weighted by Crippen LogP contribution is -2.64. The molecule has 1 fully saturated rings. The molecule has 0 heterocycles. The Morgan fingerprint density at radius 1 is 0.826 bits per heavy atom.